The number of aliphatic hydroxyl groups excluding tert-OH is 1. The number of ether oxygens (including phenoxy) is 1. The molecule has 0 rings (SSSR count). The lowest BCUT2D eigenvalue weighted by molar-refractivity contribution is -0.141. The molecular formula is C5H11NO3. The quantitative estimate of drug-likeness (QED) is 0.296. The zero-order chi connectivity index (χ0) is 7.11. The summed E-state index contributed by atoms with van der Waals surface area (Å²) in [4.78, 5) is 10.1. The molecule has 0 atom stereocenters. The minimum atomic E-state index is -0.319. The molecule has 0 bridgehead atoms. The van der Waals surface area contributed by atoms with Gasteiger partial charge in [0.05, 0.1) is 6.61 Å². The number of esters is 1. The van der Waals surface area contributed by atoms with Crippen molar-refractivity contribution in [2.75, 3.05) is 19.9 Å². The van der Waals surface area contributed by atoms with Crippen molar-refractivity contribution in [2.45, 2.75) is 6.92 Å². The average Bonchev–Trinajstić information content (AvgIpc) is 1.80. The van der Waals surface area contributed by atoms with Crippen LogP contribution >= 0.6 is 0 Å². The molecular weight excluding hydrogens is 122 g/mol. The Hall–Kier alpha value is -0.610. The van der Waals surface area contributed by atoms with E-state index in [1.165, 1.54) is 6.92 Å². The maximum Gasteiger partial charge on any atom is 0.303 e. The molecule has 0 aliphatic heterocycles. The molecule has 0 unspecified atom stereocenters. The van der Waals surface area contributed by atoms with Crippen molar-refractivity contribution in [2.24, 2.45) is 0 Å². The van der Waals surface area contributed by atoms with Gasteiger partial charge in [0.2, 0.25) is 0 Å². The second kappa shape index (κ2) is 5.53. The van der Waals surface area contributed by atoms with Crippen LogP contribution in [-0.2, 0) is 9.53 Å². The third kappa shape index (κ3) is 7.39. The second-order valence-corrected chi connectivity index (χ2v) is 1.50. The van der Waals surface area contributed by atoms with Gasteiger partial charge in [0.1, 0.15) is 6.73 Å². The molecule has 9 heavy (non-hydrogen) atoms. The van der Waals surface area contributed by atoms with Crippen LogP contribution in [-0.4, -0.2) is 31.0 Å². The van der Waals surface area contributed by atoms with Crippen LogP contribution < -0.4 is 5.32 Å². The molecule has 0 aromatic carbocycles. The van der Waals surface area contributed by atoms with E-state index >= 15 is 0 Å². The van der Waals surface area contributed by atoms with E-state index in [0.717, 1.165) is 0 Å². The number of hydrogen-bond donors (Lipinski definition) is 2. The van der Waals surface area contributed by atoms with Gasteiger partial charge in [-0.3, -0.25) is 10.1 Å². The highest BCUT2D eigenvalue weighted by Gasteiger charge is 1.88. The van der Waals surface area contributed by atoms with Crippen LogP contribution in [0, 0.1) is 0 Å². The molecule has 4 heteroatoms. The Morgan fingerprint density at radius 3 is 2.89 bits per heavy atom. The van der Waals surface area contributed by atoms with Crippen molar-refractivity contribution in [3.05, 3.63) is 0 Å². The SMILES string of the molecule is CC(=O)OCNCCO. The number of carbonyl (C=O) groups is 1. The zero-order valence-electron chi connectivity index (χ0n) is 5.39. The van der Waals surface area contributed by atoms with E-state index in [1.807, 2.05) is 0 Å². The maximum atomic E-state index is 10.1. The molecule has 0 radical (unpaired) electrons. The normalized spacial score (nSPS) is 9.11. The largest absolute Gasteiger partial charge is 0.450 e. The maximum absolute atomic E-state index is 10.1. The third-order valence-corrected chi connectivity index (χ3v) is 0.666. The highest BCUT2D eigenvalue weighted by molar-refractivity contribution is 5.65. The van der Waals surface area contributed by atoms with Gasteiger partial charge >= 0.3 is 5.97 Å². The van der Waals surface area contributed by atoms with Gasteiger partial charge < -0.3 is 9.84 Å². The van der Waals surface area contributed by atoms with E-state index in [0.29, 0.717) is 6.54 Å². The summed E-state index contributed by atoms with van der Waals surface area (Å²) in [6.07, 6.45) is 0. The summed E-state index contributed by atoms with van der Waals surface area (Å²) in [6.45, 7) is 2.02. The lowest BCUT2D eigenvalue weighted by atomic mass is 10.7. The van der Waals surface area contributed by atoms with Crippen LogP contribution in [0.4, 0.5) is 0 Å². The van der Waals surface area contributed by atoms with Gasteiger partial charge in [0.25, 0.3) is 0 Å². The predicted molar refractivity (Wildman–Crippen MR) is 31.7 cm³/mol. The number of nitrogens with one attached hydrogen (secondary N) is 1. The standard InChI is InChI=1S/C5H11NO3/c1-5(8)9-4-6-2-3-7/h6-7H,2-4H2,1H3. The van der Waals surface area contributed by atoms with E-state index in [9.17, 15) is 4.79 Å². The van der Waals surface area contributed by atoms with Crippen LogP contribution in [0.2, 0.25) is 0 Å². The molecule has 0 saturated heterocycles. The van der Waals surface area contributed by atoms with Gasteiger partial charge in [0, 0.05) is 13.5 Å². The summed E-state index contributed by atoms with van der Waals surface area (Å²) in [5, 5.41) is 10.9. The smallest absolute Gasteiger partial charge is 0.303 e. The van der Waals surface area contributed by atoms with Crippen LogP contribution in [0.15, 0.2) is 0 Å². The van der Waals surface area contributed by atoms with Crippen molar-refractivity contribution in [1.29, 1.82) is 0 Å². The minimum Gasteiger partial charge on any atom is -0.450 e. The third-order valence-electron chi connectivity index (χ3n) is 0.666. The summed E-state index contributed by atoms with van der Waals surface area (Å²) < 4.78 is 4.48. The van der Waals surface area contributed by atoms with E-state index in [-0.39, 0.29) is 19.3 Å². The molecule has 0 aromatic heterocycles. The van der Waals surface area contributed by atoms with E-state index in [2.05, 4.69) is 10.1 Å². The lowest BCUT2D eigenvalue weighted by Crippen LogP contribution is -2.22. The number of aliphatic hydroxyl groups is 1. The van der Waals surface area contributed by atoms with E-state index < -0.39 is 0 Å². The van der Waals surface area contributed by atoms with Gasteiger partial charge in [-0.1, -0.05) is 0 Å². The van der Waals surface area contributed by atoms with Crippen molar-refractivity contribution >= 4 is 5.97 Å². The minimum absolute atomic E-state index is 0.0568. The van der Waals surface area contributed by atoms with Gasteiger partial charge in [-0.25, -0.2) is 0 Å². The monoisotopic (exact) mass is 133 g/mol. The summed E-state index contributed by atoms with van der Waals surface area (Å²) in [6, 6.07) is 0. The van der Waals surface area contributed by atoms with Crippen molar-refractivity contribution in [3.63, 3.8) is 0 Å². The Morgan fingerprint density at radius 1 is 1.78 bits per heavy atom. The van der Waals surface area contributed by atoms with Crippen LogP contribution in [0.1, 0.15) is 6.92 Å². The number of carbonyl (C=O) groups excluding carboxylic acids is 1. The Labute approximate surface area is 53.8 Å². The first-order valence-electron chi connectivity index (χ1n) is 2.72. The molecule has 2 N–H and O–H groups in total. The van der Waals surface area contributed by atoms with Crippen molar-refractivity contribution in [3.8, 4) is 0 Å². The molecule has 4 nitrogen and oxygen atoms in total. The zero-order valence-corrected chi connectivity index (χ0v) is 5.39. The fraction of sp³-hybridized carbons (Fsp3) is 0.800. The lowest BCUT2D eigenvalue weighted by Gasteiger charge is -2.00. The Balaban J connectivity index is 2.83. The molecule has 0 fully saturated rings. The van der Waals surface area contributed by atoms with E-state index in [4.69, 9.17) is 5.11 Å². The van der Waals surface area contributed by atoms with Crippen LogP contribution in [0.25, 0.3) is 0 Å². The first kappa shape index (κ1) is 8.39. The fourth-order valence-electron chi connectivity index (χ4n) is 0.304. The van der Waals surface area contributed by atoms with Gasteiger partial charge in [-0.2, -0.15) is 0 Å². The van der Waals surface area contributed by atoms with Crippen molar-refractivity contribution in [1.82, 2.24) is 5.32 Å². The van der Waals surface area contributed by atoms with Gasteiger partial charge in [-0.05, 0) is 0 Å². The molecule has 0 aliphatic rings. The fourth-order valence-corrected chi connectivity index (χ4v) is 0.304. The molecule has 0 aliphatic carbocycles. The Morgan fingerprint density at radius 2 is 2.44 bits per heavy atom. The summed E-state index contributed by atoms with van der Waals surface area (Å²) in [5.74, 6) is -0.319. The summed E-state index contributed by atoms with van der Waals surface area (Å²) in [5.41, 5.74) is 0. The molecule has 0 heterocycles. The Kier molecular flexibility index (Phi) is 5.15. The van der Waals surface area contributed by atoms with Crippen LogP contribution in [0.5, 0.6) is 0 Å². The number of rotatable bonds is 4. The molecule has 0 saturated carbocycles. The van der Waals surface area contributed by atoms with E-state index in [1.54, 1.807) is 0 Å². The topological polar surface area (TPSA) is 58.6 Å². The first-order chi connectivity index (χ1) is 4.27. The molecule has 0 aromatic rings. The summed E-state index contributed by atoms with van der Waals surface area (Å²) >= 11 is 0. The van der Waals surface area contributed by atoms with Gasteiger partial charge in [0.15, 0.2) is 0 Å². The summed E-state index contributed by atoms with van der Waals surface area (Å²) in [7, 11) is 0. The highest BCUT2D eigenvalue weighted by Crippen LogP contribution is 1.69. The molecule has 0 spiro atoms. The second-order valence-electron chi connectivity index (χ2n) is 1.50. The van der Waals surface area contributed by atoms with Crippen LogP contribution in [0.3, 0.4) is 0 Å². The number of hydrogen-bond acceptors (Lipinski definition) is 4. The van der Waals surface area contributed by atoms with Gasteiger partial charge in [-0.15, -0.1) is 0 Å². The molecule has 54 valence electrons. The molecule has 0 amide bonds. The highest BCUT2D eigenvalue weighted by atomic mass is 16.5. The first-order valence-corrected chi connectivity index (χ1v) is 2.72. The predicted octanol–water partition coefficient (Wildman–Crippen LogP) is -0.911. The van der Waals surface area contributed by atoms with Crippen molar-refractivity contribution < 1.29 is 14.6 Å². The Bertz CT molecular complexity index is 84.3. The average molecular weight is 133 g/mol.